The van der Waals surface area contributed by atoms with E-state index in [0.717, 1.165) is 0 Å². The normalized spacial score (nSPS) is 26.6. The zero-order valence-electron chi connectivity index (χ0n) is 18.0. The molecule has 1 saturated carbocycles. The lowest BCUT2D eigenvalue weighted by Gasteiger charge is -2.38. The molecule has 172 valence electrons. The summed E-state index contributed by atoms with van der Waals surface area (Å²) in [5.74, 6) is 0.230. The van der Waals surface area contributed by atoms with Crippen LogP contribution in [0.3, 0.4) is 0 Å². The quantitative estimate of drug-likeness (QED) is 0.631. The fraction of sp³-hybridized carbons (Fsp3) is 0.458. The average molecular weight is 445 g/mol. The van der Waals surface area contributed by atoms with Gasteiger partial charge in [-0.25, -0.2) is 4.39 Å². The van der Waals surface area contributed by atoms with Gasteiger partial charge < -0.3 is 25.0 Å². The third-order valence-corrected chi connectivity index (χ3v) is 6.28. The number of aliphatic hydroxyl groups is 2. The van der Waals surface area contributed by atoms with E-state index in [1.807, 2.05) is 0 Å². The summed E-state index contributed by atoms with van der Waals surface area (Å²) in [4.78, 5) is 15.1. The first kappa shape index (κ1) is 22.5. The molecule has 2 aromatic rings. The standard InChI is InChI=1S/C24H29FN2O5/c1-31-18-6-2-4-15(12-18)24(30)26-20-14-21(32-19-7-3-5-16(25)13-19)23(29)22(20)27-10-8-17(28)9-11-27/h2-7,12-13,17,20-23,28-29H,8-11,14H2,1H3,(H,26,30)/t20-,21-,22+,23+/m1/s1. The van der Waals surface area contributed by atoms with Gasteiger partial charge in [0.05, 0.1) is 25.3 Å². The highest BCUT2D eigenvalue weighted by Crippen LogP contribution is 2.31. The van der Waals surface area contributed by atoms with Crippen molar-refractivity contribution in [1.82, 2.24) is 10.2 Å². The van der Waals surface area contributed by atoms with Gasteiger partial charge in [0.2, 0.25) is 0 Å². The van der Waals surface area contributed by atoms with Crippen LogP contribution >= 0.6 is 0 Å². The third kappa shape index (κ3) is 5.03. The SMILES string of the molecule is COc1cccc(C(=O)N[C@@H]2C[C@@H](Oc3cccc(F)c3)[C@H](O)[C@H]2N2CCC(O)CC2)c1. The molecule has 1 aliphatic heterocycles. The second-order valence-corrected chi connectivity index (χ2v) is 8.41. The second-order valence-electron chi connectivity index (χ2n) is 8.41. The molecule has 2 aliphatic rings. The van der Waals surface area contributed by atoms with E-state index >= 15 is 0 Å². The Hall–Kier alpha value is -2.68. The Morgan fingerprint density at radius 2 is 1.81 bits per heavy atom. The van der Waals surface area contributed by atoms with Crippen LogP contribution in [0.1, 0.15) is 29.6 Å². The van der Waals surface area contributed by atoms with Gasteiger partial charge in [0, 0.05) is 31.1 Å². The lowest BCUT2D eigenvalue weighted by atomic mass is 10.0. The topological polar surface area (TPSA) is 91.3 Å². The van der Waals surface area contributed by atoms with Gasteiger partial charge in [0.25, 0.3) is 5.91 Å². The molecule has 0 bridgehead atoms. The van der Waals surface area contributed by atoms with Crippen LogP contribution in [-0.4, -0.2) is 71.6 Å². The number of halogens is 1. The van der Waals surface area contributed by atoms with Crippen molar-refractivity contribution in [2.45, 2.75) is 49.7 Å². The summed E-state index contributed by atoms with van der Waals surface area (Å²) >= 11 is 0. The smallest absolute Gasteiger partial charge is 0.251 e. The Morgan fingerprint density at radius 1 is 1.09 bits per heavy atom. The molecule has 0 aromatic heterocycles. The number of benzene rings is 2. The molecule has 0 radical (unpaired) electrons. The predicted octanol–water partition coefficient (Wildman–Crippen LogP) is 1.97. The average Bonchev–Trinajstić information content (AvgIpc) is 3.09. The Balaban J connectivity index is 1.53. The Labute approximate surface area is 186 Å². The highest BCUT2D eigenvalue weighted by atomic mass is 19.1. The summed E-state index contributed by atoms with van der Waals surface area (Å²) in [6.07, 6.45) is -0.260. The Kier molecular flexibility index (Phi) is 6.93. The van der Waals surface area contributed by atoms with Gasteiger partial charge in [0.15, 0.2) is 0 Å². The highest BCUT2D eigenvalue weighted by Gasteiger charge is 2.48. The molecule has 32 heavy (non-hydrogen) atoms. The first-order valence-corrected chi connectivity index (χ1v) is 10.9. The Morgan fingerprint density at radius 3 is 2.53 bits per heavy atom. The van der Waals surface area contributed by atoms with Gasteiger partial charge in [-0.15, -0.1) is 0 Å². The maximum atomic E-state index is 13.6. The van der Waals surface area contributed by atoms with Crippen molar-refractivity contribution in [3.63, 3.8) is 0 Å². The number of nitrogens with zero attached hydrogens (tertiary/aromatic N) is 1. The molecule has 8 heteroatoms. The van der Waals surface area contributed by atoms with Crippen LogP contribution in [0.25, 0.3) is 0 Å². The predicted molar refractivity (Wildman–Crippen MR) is 116 cm³/mol. The number of hydrogen-bond acceptors (Lipinski definition) is 6. The minimum absolute atomic E-state index is 0.269. The van der Waals surface area contributed by atoms with Gasteiger partial charge >= 0.3 is 0 Å². The lowest BCUT2D eigenvalue weighted by Crippen LogP contribution is -2.55. The molecule has 0 spiro atoms. The van der Waals surface area contributed by atoms with Gasteiger partial charge in [-0.3, -0.25) is 9.69 Å². The summed E-state index contributed by atoms with van der Waals surface area (Å²) < 4.78 is 24.7. The van der Waals surface area contributed by atoms with Crippen LogP contribution in [0.15, 0.2) is 48.5 Å². The van der Waals surface area contributed by atoms with Gasteiger partial charge in [-0.05, 0) is 43.2 Å². The number of likely N-dealkylation sites (tertiary alicyclic amines) is 1. The number of methoxy groups -OCH3 is 1. The molecule has 1 heterocycles. The van der Waals surface area contributed by atoms with E-state index in [-0.39, 0.29) is 24.1 Å². The number of rotatable bonds is 6. The van der Waals surface area contributed by atoms with Crippen molar-refractivity contribution in [2.75, 3.05) is 20.2 Å². The largest absolute Gasteiger partial charge is 0.497 e. The summed E-state index contributed by atoms with van der Waals surface area (Å²) in [7, 11) is 1.54. The molecule has 3 N–H and O–H groups in total. The van der Waals surface area contributed by atoms with E-state index in [4.69, 9.17) is 9.47 Å². The van der Waals surface area contributed by atoms with E-state index in [1.165, 1.54) is 12.1 Å². The van der Waals surface area contributed by atoms with Crippen molar-refractivity contribution in [3.8, 4) is 11.5 Å². The van der Waals surface area contributed by atoms with Crippen LogP contribution in [0.4, 0.5) is 4.39 Å². The minimum Gasteiger partial charge on any atom is -0.497 e. The van der Waals surface area contributed by atoms with Crippen LogP contribution in [0, 0.1) is 5.82 Å². The van der Waals surface area contributed by atoms with E-state index in [0.29, 0.717) is 49.4 Å². The van der Waals surface area contributed by atoms with Gasteiger partial charge in [-0.2, -0.15) is 0 Å². The first-order chi connectivity index (χ1) is 15.4. The lowest BCUT2D eigenvalue weighted by molar-refractivity contribution is -0.0145. The molecule has 0 unspecified atom stereocenters. The molecule has 4 rings (SSSR count). The molecule has 1 aliphatic carbocycles. The summed E-state index contributed by atoms with van der Waals surface area (Å²) in [6.45, 7) is 1.22. The maximum Gasteiger partial charge on any atom is 0.251 e. The fourth-order valence-corrected chi connectivity index (χ4v) is 4.63. The summed E-state index contributed by atoms with van der Waals surface area (Å²) in [5.41, 5.74) is 0.459. The first-order valence-electron chi connectivity index (χ1n) is 10.9. The molecule has 1 saturated heterocycles. The number of hydrogen-bond donors (Lipinski definition) is 3. The molecular weight excluding hydrogens is 415 g/mol. The number of carbonyl (C=O) groups excluding carboxylic acids is 1. The number of nitrogens with one attached hydrogen (secondary N) is 1. The number of carbonyl (C=O) groups is 1. The fourth-order valence-electron chi connectivity index (χ4n) is 4.63. The van der Waals surface area contributed by atoms with Crippen LogP contribution in [0.5, 0.6) is 11.5 Å². The highest BCUT2D eigenvalue weighted by molar-refractivity contribution is 5.94. The molecule has 2 fully saturated rings. The van der Waals surface area contributed by atoms with Crippen LogP contribution in [-0.2, 0) is 0 Å². The number of aliphatic hydroxyl groups excluding tert-OH is 2. The second kappa shape index (κ2) is 9.85. The number of ether oxygens (including phenoxy) is 2. The van der Waals surface area contributed by atoms with Crippen molar-refractivity contribution in [1.29, 1.82) is 0 Å². The molecular formula is C24H29FN2O5. The Bertz CT molecular complexity index is 934. The van der Waals surface area contributed by atoms with E-state index in [2.05, 4.69) is 10.2 Å². The van der Waals surface area contributed by atoms with Crippen LogP contribution < -0.4 is 14.8 Å². The van der Waals surface area contributed by atoms with Gasteiger partial charge in [-0.1, -0.05) is 12.1 Å². The zero-order chi connectivity index (χ0) is 22.7. The van der Waals surface area contributed by atoms with E-state index in [9.17, 15) is 19.4 Å². The number of amides is 1. The van der Waals surface area contributed by atoms with Gasteiger partial charge in [0.1, 0.15) is 29.5 Å². The van der Waals surface area contributed by atoms with Crippen molar-refractivity contribution >= 4 is 5.91 Å². The molecule has 4 atom stereocenters. The maximum absolute atomic E-state index is 13.6. The van der Waals surface area contributed by atoms with Crippen molar-refractivity contribution in [2.24, 2.45) is 0 Å². The van der Waals surface area contributed by atoms with Crippen LogP contribution in [0.2, 0.25) is 0 Å². The summed E-state index contributed by atoms with van der Waals surface area (Å²) in [6, 6.07) is 11.9. The third-order valence-electron chi connectivity index (χ3n) is 6.28. The van der Waals surface area contributed by atoms with E-state index in [1.54, 1.807) is 43.5 Å². The van der Waals surface area contributed by atoms with Crippen molar-refractivity contribution < 1.29 is 28.9 Å². The van der Waals surface area contributed by atoms with E-state index < -0.39 is 18.0 Å². The minimum atomic E-state index is -0.885. The van der Waals surface area contributed by atoms with Crippen molar-refractivity contribution in [3.05, 3.63) is 59.9 Å². The molecule has 1 amide bonds. The summed E-state index contributed by atoms with van der Waals surface area (Å²) in [5, 5.41) is 24.1. The monoisotopic (exact) mass is 444 g/mol. The zero-order valence-corrected chi connectivity index (χ0v) is 18.0. The molecule has 2 aromatic carbocycles. The number of piperidine rings is 1. The molecule has 7 nitrogen and oxygen atoms in total.